The zero-order valence-electron chi connectivity index (χ0n) is 27.7. The molecule has 1 aromatic rings. The van der Waals surface area contributed by atoms with Gasteiger partial charge in [0.05, 0.1) is 25.2 Å². The summed E-state index contributed by atoms with van der Waals surface area (Å²) in [6, 6.07) is 4.44. The lowest BCUT2D eigenvalue weighted by molar-refractivity contribution is -0.137. The molecular weight excluding hydrogens is 554 g/mol. The number of allylic oxidation sites excluding steroid dienone is 6. The van der Waals surface area contributed by atoms with Crippen LogP contribution in [0.4, 0.5) is 8.78 Å². The maximum atomic E-state index is 13.0. The lowest BCUT2D eigenvalue weighted by Crippen LogP contribution is -2.50. The zero-order chi connectivity index (χ0) is 33.4. The van der Waals surface area contributed by atoms with Crippen LogP contribution in [-0.2, 0) is 20.8 Å². The highest BCUT2D eigenvalue weighted by atomic mass is 19.1. The third-order valence-electron chi connectivity index (χ3n) is 5.96. The molecule has 0 aromatic heterocycles. The third kappa shape index (κ3) is 20.1. The summed E-state index contributed by atoms with van der Waals surface area (Å²) < 4.78 is 30.8. The van der Waals surface area contributed by atoms with Crippen molar-refractivity contribution in [2.75, 3.05) is 34.2 Å². The van der Waals surface area contributed by atoms with Crippen molar-refractivity contribution < 1.29 is 27.9 Å². The van der Waals surface area contributed by atoms with E-state index in [-0.39, 0.29) is 60.5 Å². The van der Waals surface area contributed by atoms with Crippen molar-refractivity contribution in [2.24, 2.45) is 5.92 Å². The minimum atomic E-state index is -0.358. The van der Waals surface area contributed by atoms with Crippen LogP contribution in [0.5, 0.6) is 5.75 Å². The zero-order valence-corrected chi connectivity index (χ0v) is 27.7. The highest BCUT2D eigenvalue weighted by molar-refractivity contribution is 5.89. The number of carbonyl (C=O) groups excluding carboxylic acids is 3. The first-order valence-corrected chi connectivity index (χ1v) is 14.8. The number of aryl methyl sites for hydroxylation is 1. The standard InChI is InChI=1S/C13H26N4O3.C12H17FO.C8H11F/c1-6-9(2)12(15-4)13(20)17(5)8-11(19)16-7-10(18)14-3;1-4-5-10-6-7-11(13)8-12(10)14-9(2)3;1-3-5-7-8(9)6-4-2/h9,12,15H,6-8H2,1-5H3,(H,14,18)(H,16,19);6-9H,4-5H2,1-3H3;3-7H,1-2H3/b;;5-3+,6-4-,8-7+. The molecule has 0 aliphatic heterocycles. The van der Waals surface area contributed by atoms with Gasteiger partial charge in [0, 0.05) is 20.2 Å². The summed E-state index contributed by atoms with van der Waals surface area (Å²) in [6.07, 6.45) is 10.9. The first-order chi connectivity index (χ1) is 20.3. The largest absolute Gasteiger partial charge is 0.491 e. The summed E-state index contributed by atoms with van der Waals surface area (Å²) in [6.45, 7) is 13.5. The molecule has 1 aromatic carbocycles. The summed E-state index contributed by atoms with van der Waals surface area (Å²) in [5, 5.41) is 7.84. The van der Waals surface area contributed by atoms with Crippen LogP contribution in [0.2, 0.25) is 0 Å². The predicted molar refractivity (Wildman–Crippen MR) is 172 cm³/mol. The Hall–Kier alpha value is -3.53. The van der Waals surface area contributed by atoms with Gasteiger partial charge in [0.25, 0.3) is 0 Å². The Balaban J connectivity index is 0. The number of nitrogens with zero attached hydrogens (tertiary/aromatic N) is 1. The number of nitrogens with one attached hydrogen (secondary N) is 3. The maximum Gasteiger partial charge on any atom is 0.240 e. The van der Waals surface area contributed by atoms with Crippen LogP contribution in [0.3, 0.4) is 0 Å². The van der Waals surface area contributed by atoms with Crippen molar-refractivity contribution in [2.45, 2.75) is 79.9 Å². The molecule has 43 heavy (non-hydrogen) atoms. The highest BCUT2D eigenvalue weighted by Crippen LogP contribution is 2.22. The van der Waals surface area contributed by atoms with Crippen LogP contribution in [-0.4, -0.2) is 69.0 Å². The van der Waals surface area contributed by atoms with Gasteiger partial charge in [0.1, 0.15) is 17.4 Å². The van der Waals surface area contributed by atoms with Crippen molar-refractivity contribution in [3.05, 3.63) is 65.8 Å². The topological polar surface area (TPSA) is 99.8 Å². The van der Waals surface area contributed by atoms with E-state index in [9.17, 15) is 23.2 Å². The molecule has 0 radical (unpaired) electrons. The summed E-state index contributed by atoms with van der Waals surface area (Å²) in [4.78, 5) is 36.2. The average molecular weight is 609 g/mol. The second-order valence-electron chi connectivity index (χ2n) is 10.0. The normalized spacial score (nSPS) is 12.5. The van der Waals surface area contributed by atoms with Gasteiger partial charge < -0.3 is 25.6 Å². The van der Waals surface area contributed by atoms with Gasteiger partial charge in [-0.05, 0) is 70.9 Å². The minimum Gasteiger partial charge on any atom is -0.491 e. The summed E-state index contributed by atoms with van der Waals surface area (Å²) in [5.74, 6) is -0.345. The van der Waals surface area contributed by atoms with E-state index in [0.29, 0.717) is 5.75 Å². The minimum absolute atomic E-state index is 0.0650. The second-order valence-corrected chi connectivity index (χ2v) is 10.0. The molecule has 0 aliphatic carbocycles. The number of carbonyl (C=O) groups is 3. The summed E-state index contributed by atoms with van der Waals surface area (Å²) in [7, 11) is 4.80. The van der Waals surface area contributed by atoms with Crippen LogP contribution in [0.25, 0.3) is 0 Å². The number of benzene rings is 1. The van der Waals surface area contributed by atoms with E-state index in [1.165, 1.54) is 36.2 Å². The fraction of sp³-hybridized carbons (Fsp3) is 0.545. The number of halogens is 2. The van der Waals surface area contributed by atoms with Gasteiger partial charge in [-0.2, -0.15) is 0 Å². The van der Waals surface area contributed by atoms with Gasteiger partial charge in [-0.3, -0.25) is 14.4 Å². The number of hydrogen-bond acceptors (Lipinski definition) is 5. The molecule has 0 saturated carbocycles. The third-order valence-corrected chi connectivity index (χ3v) is 5.96. The van der Waals surface area contributed by atoms with Crippen LogP contribution in [0.1, 0.15) is 66.9 Å². The molecular formula is C33H54F2N4O4. The Kier molecular flexibility index (Phi) is 24.2. The Morgan fingerprint density at radius 1 is 1.05 bits per heavy atom. The van der Waals surface area contributed by atoms with Crippen LogP contribution >= 0.6 is 0 Å². The first-order valence-electron chi connectivity index (χ1n) is 14.8. The van der Waals surface area contributed by atoms with Crippen molar-refractivity contribution in [3.63, 3.8) is 0 Å². The molecule has 244 valence electrons. The monoisotopic (exact) mass is 608 g/mol. The molecule has 0 saturated heterocycles. The molecule has 3 amide bonds. The molecule has 2 atom stereocenters. The highest BCUT2D eigenvalue weighted by Gasteiger charge is 2.26. The molecule has 3 N–H and O–H groups in total. The second kappa shape index (κ2) is 25.0. The number of rotatable bonds is 14. The fourth-order valence-corrected chi connectivity index (χ4v) is 3.51. The van der Waals surface area contributed by atoms with Crippen LogP contribution in [0.15, 0.2) is 54.4 Å². The van der Waals surface area contributed by atoms with E-state index >= 15 is 0 Å². The molecule has 0 heterocycles. The number of hydrogen-bond donors (Lipinski definition) is 3. The Bertz CT molecular complexity index is 1040. The molecule has 0 bridgehead atoms. The van der Waals surface area contributed by atoms with Crippen molar-refractivity contribution in [3.8, 4) is 5.75 Å². The van der Waals surface area contributed by atoms with Gasteiger partial charge in [-0.1, -0.05) is 57.9 Å². The summed E-state index contributed by atoms with van der Waals surface area (Å²) >= 11 is 0. The van der Waals surface area contributed by atoms with Crippen LogP contribution < -0.4 is 20.7 Å². The number of amides is 3. The first kappa shape index (κ1) is 41.6. The van der Waals surface area contributed by atoms with Crippen molar-refractivity contribution in [1.29, 1.82) is 0 Å². The molecule has 0 aliphatic rings. The molecule has 2 unspecified atom stereocenters. The van der Waals surface area contributed by atoms with E-state index in [1.807, 2.05) is 34.6 Å². The van der Waals surface area contributed by atoms with Crippen molar-refractivity contribution in [1.82, 2.24) is 20.9 Å². The Labute approximate surface area is 258 Å². The Morgan fingerprint density at radius 3 is 2.19 bits per heavy atom. The van der Waals surface area contributed by atoms with Crippen LogP contribution in [0, 0.1) is 11.7 Å². The van der Waals surface area contributed by atoms with Crippen molar-refractivity contribution >= 4 is 17.7 Å². The van der Waals surface area contributed by atoms with Gasteiger partial charge in [-0.25, -0.2) is 8.78 Å². The molecule has 0 spiro atoms. The smallest absolute Gasteiger partial charge is 0.240 e. The van der Waals surface area contributed by atoms with E-state index < -0.39 is 0 Å². The van der Waals surface area contributed by atoms with E-state index in [0.717, 1.165) is 24.8 Å². The van der Waals surface area contributed by atoms with E-state index in [1.54, 1.807) is 45.3 Å². The Morgan fingerprint density at radius 2 is 1.70 bits per heavy atom. The number of ether oxygens (including phenoxy) is 1. The fourth-order valence-electron chi connectivity index (χ4n) is 3.51. The van der Waals surface area contributed by atoms with E-state index in [2.05, 4.69) is 22.9 Å². The van der Waals surface area contributed by atoms with Gasteiger partial charge in [0.2, 0.25) is 17.7 Å². The van der Waals surface area contributed by atoms with E-state index in [4.69, 9.17) is 4.74 Å². The summed E-state index contributed by atoms with van der Waals surface area (Å²) in [5.41, 5.74) is 1.09. The van der Waals surface area contributed by atoms with Gasteiger partial charge >= 0.3 is 0 Å². The SMILES string of the molecule is CCC(C)C(NC)C(=O)N(C)CC(=O)NCC(=O)NC.CCCc1ccc(F)cc1OC(C)C.C\C=C/C(F)=C\C=C\C. The predicted octanol–water partition coefficient (Wildman–Crippen LogP) is 5.50. The van der Waals surface area contributed by atoms with Gasteiger partial charge in [0.15, 0.2) is 0 Å². The number of likely N-dealkylation sites (N-methyl/N-ethyl adjacent to an activating group) is 3. The lowest BCUT2D eigenvalue weighted by Gasteiger charge is -2.26. The lowest BCUT2D eigenvalue weighted by atomic mass is 9.98. The average Bonchev–Trinajstić information content (AvgIpc) is 2.96. The molecule has 1 rings (SSSR count). The molecule has 8 nitrogen and oxygen atoms in total. The molecule has 10 heteroatoms. The molecule has 0 fully saturated rings. The van der Waals surface area contributed by atoms with Gasteiger partial charge in [-0.15, -0.1) is 0 Å². The maximum absolute atomic E-state index is 13.0. The quantitative estimate of drug-likeness (QED) is 0.242.